The van der Waals surface area contributed by atoms with Gasteiger partial charge in [-0.3, -0.25) is 19.7 Å². The molecule has 1 aromatic heterocycles. The molecule has 0 aliphatic carbocycles. The van der Waals surface area contributed by atoms with Gasteiger partial charge in [0.15, 0.2) is 0 Å². The van der Waals surface area contributed by atoms with Gasteiger partial charge in [0.2, 0.25) is 0 Å². The van der Waals surface area contributed by atoms with Crippen molar-refractivity contribution in [2.75, 3.05) is 0 Å². The zero-order valence-electron chi connectivity index (χ0n) is 16.0. The number of hydrogen-bond donors (Lipinski definition) is 1. The van der Waals surface area contributed by atoms with Crippen LogP contribution in [-0.4, -0.2) is 31.9 Å². The van der Waals surface area contributed by atoms with Crippen LogP contribution in [0.2, 0.25) is 0 Å². The fourth-order valence-corrected chi connectivity index (χ4v) is 4.63. The van der Waals surface area contributed by atoms with Crippen LogP contribution in [0.4, 0.5) is 0 Å². The summed E-state index contributed by atoms with van der Waals surface area (Å²) >= 11 is 1.53. The SMILES string of the molecule is Cc1ccc(C2SC(C)C(=O)N2NC(=O)Cn2nc(C)c3ccccc32)cc1. The molecule has 2 atom stereocenters. The molecule has 0 spiro atoms. The summed E-state index contributed by atoms with van der Waals surface area (Å²) in [4.78, 5) is 25.4. The lowest BCUT2D eigenvalue weighted by atomic mass is 10.1. The smallest absolute Gasteiger partial charge is 0.260 e. The van der Waals surface area contributed by atoms with E-state index in [1.807, 2.05) is 69.3 Å². The van der Waals surface area contributed by atoms with Crippen molar-refractivity contribution in [2.45, 2.75) is 37.9 Å². The number of nitrogens with one attached hydrogen (secondary N) is 1. The number of para-hydroxylation sites is 1. The van der Waals surface area contributed by atoms with E-state index in [4.69, 9.17) is 0 Å². The van der Waals surface area contributed by atoms with E-state index >= 15 is 0 Å². The Morgan fingerprint density at radius 2 is 1.86 bits per heavy atom. The van der Waals surface area contributed by atoms with Crippen molar-refractivity contribution in [3.8, 4) is 0 Å². The minimum Gasteiger partial charge on any atom is -0.272 e. The van der Waals surface area contributed by atoms with Crippen molar-refractivity contribution in [3.63, 3.8) is 0 Å². The minimum absolute atomic E-state index is 0.0534. The number of hydrogen-bond acceptors (Lipinski definition) is 4. The summed E-state index contributed by atoms with van der Waals surface area (Å²) in [7, 11) is 0. The molecule has 1 aliphatic heterocycles. The standard InChI is InChI=1S/C21H22N4O2S/c1-13-8-10-16(11-9-13)21-25(20(27)15(3)28-21)23-19(26)12-24-18-7-5-4-6-17(18)14(2)22-24/h4-11,15,21H,12H2,1-3H3,(H,23,26). The first-order valence-electron chi connectivity index (χ1n) is 9.21. The molecular formula is C21H22N4O2S. The first-order valence-corrected chi connectivity index (χ1v) is 10.1. The topological polar surface area (TPSA) is 67.2 Å². The van der Waals surface area contributed by atoms with Crippen LogP contribution in [0.5, 0.6) is 0 Å². The Kier molecular flexibility index (Phi) is 4.85. The number of carbonyl (C=O) groups excluding carboxylic acids is 2. The van der Waals surface area contributed by atoms with Crippen LogP contribution in [0.25, 0.3) is 10.9 Å². The van der Waals surface area contributed by atoms with Gasteiger partial charge in [0.05, 0.1) is 16.5 Å². The number of aryl methyl sites for hydroxylation is 2. The highest BCUT2D eigenvalue weighted by atomic mass is 32.2. The molecule has 6 nitrogen and oxygen atoms in total. The first kappa shape index (κ1) is 18.6. The highest BCUT2D eigenvalue weighted by molar-refractivity contribution is 8.01. The van der Waals surface area contributed by atoms with Crippen LogP contribution in [0.3, 0.4) is 0 Å². The predicted molar refractivity (Wildman–Crippen MR) is 110 cm³/mol. The van der Waals surface area contributed by atoms with Crippen molar-refractivity contribution >= 4 is 34.5 Å². The molecule has 3 aromatic rings. The van der Waals surface area contributed by atoms with Gasteiger partial charge in [-0.25, -0.2) is 5.01 Å². The molecule has 0 bridgehead atoms. The van der Waals surface area contributed by atoms with Crippen LogP contribution >= 0.6 is 11.8 Å². The fraction of sp³-hybridized carbons (Fsp3) is 0.286. The third-order valence-electron chi connectivity index (χ3n) is 4.90. The number of nitrogens with zero attached hydrogens (tertiary/aromatic N) is 3. The number of fused-ring (bicyclic) bond motifs is 1. The molecule has 1 fully saturated rings. The average Bonchev–Trinajstić information content (AvgIpc) is 3.14. The number of hydrazine groups is 1. The second-order valence-corrected chi connectivity index (χ2v) is 8.47. The minimum atomic E-state index is -0.270. The van der Waals surface area contributed by atoms with Gasteiger partial charge in [0, 0.05) is 5.39 Å². The van der Waals surface area contributed by atoms with Crippen LogP contribution in [0, 0.1) is 13.8 Å². The Morgan fingerprint density at radius 3 is 2.61 bits per heavy atom. The van der Waals surface area contributed by atoms with Gasteiger partial charge in [-0.1, -0.05) is 48.0 Å². The van der Waals surface area contributed by atoms with Crippen LogP contribution in [0.15, 0.2) is 48.5 Å². The highest BCUT2D eigenvalue weighted by Crippen LogP contribution is 2.41. The number of benzene rings is 2. The Balaban J connectivity index is 1.54. The summed E-state index contributed by atoms with van der Waals surface area (Å²) in [6.45, 7) is 5.87. The normalized spacial score (nSPS) is 19.4. The lowest BCUT2D eigenvalue weighted by molar-refractivity contribution is -0.140. The van der Waals surface area contributed by atoms with Gasteiger partial charge in [0.1, 0.15) is 11.9 Å². The van der Waals surface area contributed by atoms with Gasteiger partial charge < -0.3 is 0 Å². The molecule has 2 unspecified atom stereocenters. The summed E-state index contributed by atoms with van der Waals surface area (Å²) in [5, 5.41) is 6.51. The van der Waals surface area contributed by atoms with E-state index in [2.05, 4.69) is 10.5 Å². The van der Waals surface area contributed by atoms with E-state index in [1.54, 1.807) is 4.68 Å². The quantitative estimate of drug-likeness (QED) is 0.737. The zero-order valence-corrected chi connectivity index (χ0v) is 16.9. The summed E-state index contributed by atoms with van der Waals surface area (Å²) in [5.41, 5.74) is 6.74. The highest BCUT2D eigenvalue weighted by Gasteiger charge is 2.39. The molecule has 28 heavy (non-hydrogen) atoms. The van der Waals surface area contributed by atoms with Crippen LogP contribution in [0.1, 0.15) is 29.1 Å². The molecule has 1 aliphatic rings. The van der Waals surface area contributed by atoms with E-state index in [1.165, 1.54) is 16.8 Å². The summed E-state index contributed by atoms with van der Waals surface area (Å²) in [6, 6.07) is 15.8. The number of amides is 2. The molecule has 144 valence electrons. The average molecular weight is 395 g/mol. The van der Waals surface area contributed by atoms with E-state index in [-0.39, 0.29) is 29.0 Å². The van der Waals surface area contributed by atoms with Crippen molar-refractivity contribution in [1.82, 2.24) is 20.2 Å². The Bertz CT molecular complexity index is 1040. The predicted octanol–water partition coefficient (Wildman–Crippen LogP) is 3.35. The first-order chi connectivity index (χ1) is 13.4. The Morgan fingerprint density at radius 1 is 1.14 bits per heavy atom. The Hall–Kier alpha value is -2.80. The van der Waals surface area contributed by atoms with Crippen LogP contribution in [-0.2, 0) is 16.1 Å². The van der Waals surface area contributed by atoms with Crippen molar-refractivity contribution < 1.29 is 9.59 Å². The summed E-state index contributed by atoms with van der Waals surface area (Å²) < 4.78 is 1.68. The number of carbonyl (C=O) groups is 2. The van der Waals surface area contributed by atoms with E-state index in [9.17, 15) is 9.59 Å². The molecule has 2 aromatic carbocycles. The van der Waals surface area contributed by atoms with Gasteiger partial charge in [-0.05, 0) is 32.4 Å². The molecule has 0 saturated carbocycles. The molecule has 7 heteroatoms. The maximum absolute atomic E-state index is 12.7. The summed E-state index contributed by atoms with van der Waals surface area (Å²) in [5.74, 6) is -0.362. The second kappa shape index (κ2) is 7.31. The van der Waals surface area contributed by atoms with Gasteiger partial charge >= 0.3 is 0 Å². The number of aromatic nitrogens is 2. The third-order valence-corrected chi connectivity index (χ3v) is 6.25. The lowest BCUT2D eigenvalue weighted by Gasteiger charge is -2.24. The molecule has 1 N–H and O–H groups in total. The van der Waals surface area contributed by atoms with E-state index in [0.29, 0.717) is 0 Å². The molecule has 0 radical (unpaired) electrons. The van der Waals surface area contributed by atoms with E-state index in [0.717, 1.165) is 27.7 Å². The Labute approximate surface area is 167 Å². The fourth-order valence-electron chi connectivity index (χ4n) is 3.42. The second-order valence-electron chi connectivity index (χ2n) is 7.04. The van der Waals surface area contributed by atoms with Crippen molar-refractivity contribution in [2.24, 2.45) is 0 Å². The number of thioether (sulfide) groups is 1. The number of rotatable bonds is 4. The molecular weight excluding hydrogens is 372 g/mol. The molecule has 1 saturated heterocycles. The van der Waals surface area contributed by atoms with Crippen molar-refractivity contribution in [3.05, 3.63) is 65.4 Å². The van der Waals surface area contributed by atoms with Gasteiger partial charge in [-0.15, -0.1) is 11.8 Å². The molecule has 4 rings (SSSR count). The van der Waals surface area contributed by atoms with Crippen molar-refractivity contribution in [1.29, 1.82) is 0 Å². The maximum Gasteiger partial charge on any atom is 0.260 e. The monoisotopic (exact) mass is 394 g/mol. The van der Waals surface area contributed by atoms with E-state index < -0.39 is 0 Å². The van der Waals surface area contributed by atoms with Gasteiger partial charge in [0.25, 0.3) is 11.8 Å². The maximum atomic E-state index is 12.7. The largest absolute Gasteiger partial charge is 0.272 e. The zero-order chi connectivity index (χ0) is 19.8. The summed E-state index contributed by atoms with van der Waals surface area (Å²) in [6.07, 6.45) is 0. The lowest BCUT2D eigenvalue weighted by Crippen LogP contribution is -2.46. The molecule has 2 heterocycles. The third kappa shape index (κ3) is 3.38. The molecule has 2 amide bonds. The van der Waals surface area contributed by atoms with Gasteiger partial charge in [-0.2, -0.15) is 5.10 Å². The van der Waals surface area contributed by atoms with Crippen LogP contribution < -0.4 is 5.43 Å².